The fourth-order valence-electron chi connectivity index (χ4n) is 4.07. The average molecular weight is 534 g/mol. The zero-order valence-corrected chi connectivity index (χ0v) is 22.0. The molecule has 2 aromatic heterocycles. The number of carbonyl (C=O) groups excluding carboxylic acids is 1. The van der Waals surface area contributed by atoms with E-state index in [9.17, 15) is 14.4 Å². The van der Waals surface area contributed by atoms with Crippen molar-refractivity contribution in [2.45, 2.75) is 57.8 Å². The lowest BCUT2D eigenvalue weighted by Crippen LogP contribution is -2.15. The molecule has 3 aromatic rings. The highest BCUT2D eigenvalue weighted by atomic mass is 35.5. The van der Waals surface area contributed by atoms with E-state index in [0.717, 1.165) is 24.8 Å². The van der Waals surface area contributed by atoms with Crippen LogP contribution in [0.2, 0.25) is 5.02 Å². The molecule has 0 saturated heterocycles. The second-order valence-corrected chi connectivity index (χ2v) is 10.9. The number of nitriles is 1. The maximum Gasteiger partial charge on any atom is 0.235 e. The molecule has 35 heavy (non-hydrogen) atoms. The summed E-state index contributed by atoms with van der Waals surface area (Å²) in [6.45, 7) is 6.54. The van der Waals surface area contributed by atoms with Crippen molar-refractivity contribution in [3.8, 4) is 11.8 Å². The minimum Gasteiger partial charge on any atom is -0.481 e. The van der Waals surface area contributed by atoms with Gasteiger partial charge < -0.3 is 14.6 Å². The SMILES string of the molecule is CCn1c(SCC(=O)Nc2sc3c(c2C#N)CCC(C)C3)nnc1C(C)Oc1ccc(F)cc1Cl. The van der Waals surface area contributed by atoms with E-state index < -0.39 is 11.9 Å². The van der Waals surface area contributed by atoms with Crippen molar-refractivity contribution in [3.63, 3.8) is 0 Å². The van der Waals surface area contributed by atoms with Crippen molar-refractivity contribution in [2.24, 2.45) is 5.92 Å². The summed E-state index contributed by atoms with van der Waals surface area (Å²) in [6, 6.07) is 6.22. The number of carbonyl (C=O) groups is 1. The first-order valence-corrected chi connectivity index (χ1v) is 13.5. The molecule has 0 saturated carbocycles. The molecule has 2 unspecified atom stereocenters. The maximum absolute atomic E-state index is 13.3. The summed E-state index contributed by atoms with van der Waals surface area (Å²) in [5, 5.41) is 22.4. The van der Waals surface area contributed by atoms with Crippen LogP contribution in [0.25, 0.3) is 0 Å². The van der Waals surface area contributed by atoms with Crippen LogP contribution in [0.15, 0.2) is 23.4 Å². The predicted molar refractivity (Wildman–Crippen MR) is 136 cm³/mol. The number of rotatable bonds is 8. The van der Waals surface area contributed by atoms with Crippen molar-refractivity contribution < 1.29 is 13.9 Å². The molecule has 1 aromatic carbocycles. The molecule has 4 rings (SSSR count). The lowest BCUT2D eigenvalue weighted by Gasteiger charge is -2.17. The van der Waals surface area contributed by atoms with Crippen LogP contribution in [-0.4, -0.2) is 26.4 Å². The highest BCUT2D eigenvalue weighted by Gasteiger charge is 2.25. The Morgan fingerprint density at radius 1 is 1.49 bits per heavy atom. The van der Waals surface area contributed by atoms with Gasteiger partial charge in [-0.25, -0.2) is 4.39 Å². The van der Waals surface area contributed by atoms with Gasteiger partial charge in [0, 0.05) is 11.4 Å². The van der Waals surface area contributed by atoms with Gasteiger partial charge in [-0.3, -0.25) is 4.79 Å². The van der Waals surface area contributed by atoms with Crippen molar-refractivity contribution in [1.29, 1.82) is 5.26 Å². The number of thiophene rings is 1. The number of aromatic nitrogens is 3. The Hall–Kier alpha value is -2.61. The molecule has 2 heterocycles. The number of halogens is 2. The number of hydrogen-bond acceptors (Lipinski definition) is 7. The van der Waals surface area contributed by atoms with Crippen molar-refractivity contribution in [3.05, 3.63) is 50.9 Å². The Morgan fingerprint density at radius 3 is 3.00 bits per heavy atom. The summed E-state index contributed by atoms with van der Waals surface area (Å²) < 4.78 is 21.1. The molecule has 0 spiro atoms. The van der Waals surface area contributed by atoms with E-state index >= 15 is 0 Å². The highest BCUT2D eigenvalue weighted by Crippen LogP contribution is 2.39. The van der Waals surface area contributed by atoms with Crippen LogP contribution in [0, 0.1) is 23.1 Å². The Labute approximate surface area is 216 Å². The number of nitrogens with zero attached hydrogens (tertiary/aromatic N) is 4. The molecule has 184 valence electrons. The second kappa shape index (κ2) is 11.0. The van der Waals surface area contributed by atoms with Crippen LogP contribution >= 0.6 is 34.7 Å². The molecule has 0 radical (unpaired) electrons. The van der Waals surface area contributed by atoms with Gasteiger partial charge in [-0.2, -0.15) is 5.26 Å². The second-order valence-electron chi connectivity index (χ2n) is 8.42. The van der Waals surface area contributed by atoms with Gasteiger partial charge in [-0.05, 0) is 62.8 Å². The lowest BCUT2D eigenvalue weighted by atomic mass is 9.89. The van der Waals surface area contributed by atoms with Gasteiger partial charge in [-0.15, -0.1) is 21.5 Å². The molecule has 2 atom stereocenters. The van der Waals surface area contributed by atoms with Crippen molar-refractivity contribution in [1.82, 2.24) is 14.8 Å². The predicted octanol–water partition coefficient (Wildman–Crippen LogP) is 6.02. The first-order chi connectivity index (χ1) is 16.8. The molecule has 1 aliphatic carbocycles. The Bertz CT molecular complexity index is 1290. The summed E-state index contributed by atoms with van der Waals surface area (Å²) >= 11 is 8.85. The third-order valence-electron chi connectivity index (χ3n) is 5.83. The van der Waals surface area contributed by atoms with Gasteiger partial charge in [0.15, 0.2) is 17.1 Å². The molecule has 0 fully saturated rings. The monoisotopic (exact) mass is 533 g/mol. The fourth-order valence-corrected chi connectivity index (χ4v) is 6.47. The number of anilines is 1. The van der Waals surface area contributed by atoms with Gasteiger partial charge in [0.05, 0.1) is 16.3 Å². The summed E-state index contributed by atoms with van der Waals surface area (Å²) in [5.74, 6) is 0.993. The molecule has 7 nitrogen and oxygen atoms in total. The smallest absolute Gasteiger partial charge is 0.235 e. The van der Waals surface area contributed by atoms with E-state index in [-0.39, 0.29) is 16.7 Å². The molecular formula is C24H25ClFN5O2S2. The standard InChI is InChI=1S/C24H25ClFN5O2S2/c1-4-31-22(14(3)33-19-8-6-15(26)10-18(19)25)29-30-24(31)34-12-21(32)28-23-17(11-27)16-7-5-13(2)9-20(16)35-23/h6,8,10,13-14H,4-5,7,9,12H2,1-3H3,(H,28,32). The number of amides is 1. The normalized spacial score (nSPS) is 15.8. The number of benzene rings is 1. The van der Waals surface area contributed by atoms with Gasteiger partial charge in [0.1, 0.15) is 22.6 Å². The first-order valence-electron chi connectivity index (χ1n) is 11.3. The van der Waals surface area contributed by atoms with Gasteiger partial charge >= 0.3 is 0 Å². The maximum atomic E-state index is 13.3. The molecule has 0 aliphatic heterocycles. The first kappa shape index (κ1) is 25.5. The third-order valence-corrected chi connectivity index (χ3v) is 8.26. The van der Waals surface area contributed by atoms with Crippen molar-refractivity contribution >= 4 is 45.6 Å². The zero-order chi connectivity index (χ0) is 25.1. The number of thioether (sulfide) groups is 1. The minimum atomic E-state index is -0.494. The summed E-state index contributed by atoms with van der Waals surface area (Å²) in [6.07, 6.45) is 2.40. The van der Waals surface area contributed by atoms with E-state index in [4.69, 9.17) is 16.3 Å². The molecule has 1 amide bonds. The summed E-state index contributed by atoms with van der Waals surface area (Å²) in [5.41, 5.74) is 1.68. The van der Waals surface area contributed by atoms with E-state index in [2.05, 4.69) is 28.5 Å². The van der Waals surface area contributed by atoms with E-state index in [0.29, 0.717) is 39.8 Å². The van der Waals surface area contributed by atoms with E-state index in [1.165, 1.54) is 46.2 Å². The van der Waals surface area contributed by atoms with Crippen LogP contribution < -0.4 is 10.1 Å². The quantitative estimate of drug-likeness (QED) is 0.356. The fraction of sp³-hybridized carbons (Fsp3) is 0.417. The van der Waals surface area contributed by atoms with Crippen LogP contribution in [0.5, 0.6) is 5.75 Å². The molecule has 1 N–H and O–H groups in total. The van der Waals surface area contributed by atoms with Gasteiger partial charge in [-0.1, -0.05) is 30.3 Å². The van der Waals surface area contributed by atoms with E-state index in [1.54, 1.807) is 6.92 Å². The zero-order valence-electron chi connectivity index (χ0n) is 19.6. The number of hydrogen-bond donors (Lipinski definition) is 1. The van der Waals surface area contributed by atoms with Crippen LogP contribution in [0.1, 0.15) is 55.1 Å². The number of nitrogens with one attached hydrogen (secondary N) is 1. The largest absolute Gasteiger partial charge is 0.481 e. The number of fused-ring (bicyclic) bond motifs is 1. The molecule has 0 bridgehead atoms. The summed E-state index contributed by atoms with van der Waals surface area (Å²) in [4.78, 5) is 13.9. The van der Waals surface area contributed by atoms with E-state index in [1.807, 2.05) is 11.5 Å². The van der Waals surface area contributed by atoms with Crippen LogP contribution in [0.4, 0.5) is 9.39 Å². The highest BCUT2D eigenvalue weighted by molar-refractivity contribution is 7.99. The molecule has 11 heteroatoms. The Balaban J connectivity index is 1.41. The number of ether oxygens (including phenoxy) is 1. The Morgan fingerprint density at radius 2 is 2.29 bits per heavy atom. The van der Waals surface area contributed by atoms with Crippen molar-refractivity contribution in [2.75, 3.05) is 11.1 Å². The van der Waals surface area contributed by atoms with Crippen LogP contribution in [0.3, 0.4) is 0 Å². The average Bonchev–Trinajstić information content (AvgIpc) is 3.39. The molecular weight excluding hydrogens is 509 g/mol. The minimum absolute atomic E-state index is 0.126. The van der Waals surface area contributed by atoms with Gasteiger partial charge in [0.2, 0.25) is 5.91 Å². The Kier molecular flexibility index (Phi) is 7.99. The van der Waals surface area contributed by atoms with Gasteiger partial charge in [0.25, 0.3) is 0 Å². The topological polar surface area (TPSA) is 92.8 Å². The third kappa shape index (κ3) is 5.63. The molecule has 1 aliphatic rings. The summed E-state index contributed by atoms with van der Waals surface area (Å²) in [7, 11) is 0. The lowest BCUT2D eigenvalue weighted by molar-refractivity contribution is -0.113. The van der Waals surface area contributed by atoms with Crippen LogP contribution in [-0.2, 0) is 24.2 Å².